The van der Waals surface area contributed by atoms with E-state index >= 15 is 0 Å². The van der Waals surface area contributed by atoms with E-state index in [1.165, 1.54) is 28.0 Å². The monoisotopic (exact) mass is 299 g/mol. The second-order valence-corrected chi connectivity index (χ2v) is 6.07. The van der Waals surface area contributed by atoms with Crippen molar-refractivity contribution in [2.24, 2.45) is 0 Å². The van der Waals surface area contributed by atoms with Crippen LogP contribution in [-0.2, 0) is 6.42 Å². The lowest BCUT2D eigenvalue weighted by atomic mass is 9.97. The number of nitrogens with one attached hydrogen (secondary N) is 1. The Morgan fingerprint density at radius 3 is 2.33 bits per heavy atom. The number of rotatable bonds is 7. The molecule has 1 unspecified atom stereocenters. The average Bonchev–Trinajstić information content (AvgIpc) is 2.54. The predicted molar refractivity (Wildman–Crippen MR) is 94.2 cm³/mol. The molecule has 2 heteroatoms. The second kappa shape index (κ2) is 8.26. The molecule has 2 aromatic carbocycles. The summed E-state index contributed by atoms with van der Waals surface area (Å²) in [5, 5.41) is 3.63. The lowest BCUT2D eigenvalue weighted by Crippen LogP contribution is -2.22. The molecule has 0 bridgehead atoms. The highest BCUT2D eigenvalue weighted by Crippen LogP contribution is 2.30. The zero-order valence-corrected chi connectivity index (χ0v) is 14.0. The lowest BCUT2D eigenvalue weighted by molar-refractivity contribution is 0.622. The van der Waals surface area contributed by atoms with Crippen molar-refractivity contribution in [1.82, 2.24) is 5.32 Å². The van der Waals surface area contributed by atoms with Gasteiger partial charge in [0.15, 0.2) is 0 Å². The fourth-order valence-electron chi connectivity index (χ4n) is 2.68. The molecule has 112 valence electrons. The van der Waals surface area contributed by atoms with Gasteiger partial charge in [-0.15, -0.1) is 11.8 Å². The number of benzene rings is 2. The van der Waals surface area contributed by atoms with Crippen LogP contribution in [0.1, 0.15) is 43.0 Å². The average molecular weight is 299 g/mol. The van der Waals surface area contributed by atoms with Gasteiger partial charge >= 0.3 is 0 Å². The maximum Gasteiger partial charge on any atom is 0.0587 e. The van der Waals surface area contributed by atoms with E-state index in [1.807, 2.05) is 11.8 Å². The normalized spacial score (nSPS) is 12.3. The van der Waals surface area contributed by atoms with Crippen LogP contribution in [0, 0.1) is 0 Å². The predicted octanol–water partition coefficient (Wildman–Crippen LogP) is 5.06. The minimum atomic E-state index is 0.273. The summed E-state index contributed by atoms with van der Waals surface area (Å²) in [6.07, 6.45) is 4.50. The van der Waals surface area contributed by atoms with Crippen molar-refractivity contribution < 1.29 is 0 Å². The second-order valence-electron chi connectivity index (χ2n) is 5.22. The van der Waals surface area contributed by atoms with Gasteiger partial charge < -0.3 is 5.32 Å². The van der Waals surface area contributed by atoms with Crippen LogP contribution < -0.4 is 5.32 Å². The third-order valence-corrected chi connectivity index (χ3v) is 4.52. The maximum atomic E-state index is 3.63. The molecule has 1 N–H and O–H groups in total. The number of hydrogen-bond acceptors (Lipinski definition) is 2. The molecule has 0 saturated heterocycles. The van der Waals surface area contributed by atoms with Crippen LogP contribution in [-0.4, -0.2) is 12.8 Å². The standard InChI is InChI=1S/C19H25NS/c1-4-8-15-11-13-16(14-12-15)19(20-5-2)17-9-6-7-10-18(17)21-3/h6-7,9-14,19-20H,4-5,8H2,1-3H3. The number of thioether (sulfide) groups is 1. The molecular formula is C19H25NS. The highest BCUT2D eigenvalue weighted by Gasteiger charge is 2.15. The van der Waals surface area contributed by atoms with E-state index in [4.69, 9.17) is 0 Å². The molecule has 0 spiro atoms. The molecule has 0 amide bonds. The van der Waals surface area contributed by atoms with Crippen molar-refractivity contribution in [3.63, 3.8) is 0 Å². The van der Waals surface area contributed by atoms with E-state index in [2.05, 4.69) is 74.0 Å². The molecule has 2 rings (SSSR count). The zero-order chi connectivity index (χ0) is 15.1. The highest BCUT2D eigenvalue weighted by atomic mass is 32.2. The molecule has 21 heavy (non-hydrogen) atoms. The largest absolute Gasteiger partial charge is 0.306 e. The topological polar surface area (TPSA) is 12.0 Å². The number of hydrogen-bond donors (Lipinski definition) is 1. The van der Waals surface area contributed by atoms with Gasteiger partial charge in [0.25, 0.3) is 0 Å². The van der Waals surface area contributed by atoms with Crippen LogP contribution in [0.15, 0.2) is 53.4 Å². The van der Waals surface area contributed by atoms with E-state index in [0.717, 1.165) is 13.0 Å². The molecular weight excluding hydrogens is 274 g/mol. The Labute approximate surface area is 133 Å². The van der Waals surface area contributed by atoms with Gasteiger partial charge in [0, 0.05) is 4.90 Å². The van der Waals surface area contributed by atoms with Crippen molar-refractivity contribution in [2.45, 2.75) is 37.6 Å². The summed E-state index contributed by atoms with van der Waals surface area (Å²) in [7, 11) is 0. The van der Waals surface area contributed by atoms with Crippen LogP contribution >= 0.6 is 11.8 Å². The molecule has 0 aliphatic rings. The third kappa shape index (κ3) is 4.12. The van der Waals surface area contributed by atoms with Crippen molar-refractivity contribution >= 4 is 11.8 Å². The van der Waals surface area contributed by atoms with Crippen LogP contribution in [0.2, 0.25) is 0 Å². The van der Waals surface area contributed by atoms with E-state index in [0.29, 0.717) is 0 Å². The summed E-state index contributed by atoms with van der Waals surface area (Å²) in [6.45, 7) is 5.36. The van der Waals surface area contributed by atoms with Crippen LogP contribution in [0.3, 0.4) is 0 Å². The van der Waals surface area contributed by atoms with Gasteiger partial charge in [-0.1, -0.05) is 62.7 Å². The summed E-state index contributed by atoms with van der Waals surface area (Å²) in [6, 6.07) is 18.0. The molecule has 1 nitrogen and oxygen atoms in total. The Kier molecular flexibility index (Phi) is 6.34. The molecule has 0 aliphatic heterocycles. The zero-order valence-electron chi connectivity index (χ0n) is 13.2. The summed E-state index contributed by atoms with van der Waals surface area (Å²) < 4.78 is 0. The molecule has 0 heterocycles. The van der Waals surface area contributed by atoms with Gasteiger partial charge in [0.1, 0.15) is 0 Å². The van der Waals surface area contributed by atoms with E-state index in [9.17, 15) is 0 Å². The van der Waals surface area contributed by atoms with Crippen LogP contribution in [0.4, 0.5) is 0 Å². The first-order chi connectivity index (χ1) is 10.3. The van der Waals surface area contributed by atoms with Gasteiger partial charge in [0.05, 0.1) is 6.04 Å². The molecule has 1 atom stereocenters. The summed E-state index contributed by atoms with van der Waals surface area (Å²) >= 11 is 1.82. The first-order valence-electron chi connectivity index (χ1n) is 7.75. The van der Waals surface area contributed by atoms with Crippen molar-refractivity contribution in [3.05, 3.63) is 65.2 Å². The van der Waals surface area contributed by atoms with Gasteiger partial charge in [0.2, 0.25) is 0 Å². The Morgan fingerprint density at radius 2 is 1.71 bits per heavy atom. The first kappa shape index (κ1) is 16.1. The van der Waals surface area contributed by atoms with Crippen LogP contribution in [0.5, 0.6) is 0 Å². The fourth-order valence-corrected chi connectivity index (χ4v) is 3.32. The molecule has 0 aromatic heterocycles. The molecule has 0 saturated carbocycles. The quantitative estimate of drug-likeness (QED) is 0.717. The molecule has 0 radical (unpaired) electrons. The lowest BCUT2D eigenvalue weighted by Gasteiger charge is -2.21. The van der Waals surface area contributed by atoms with Crippen molar-refractivity contribution in [2.75, 3.05) is 12.8 Å². The maximum absolute atomic E-state index is 3.63. The van der Waals surface area contributed by atoms with E-state index in [1.54, 1.807) is 0 Å². The highest BCUT2D eigenvalue weighted by molar-refractivity contribution is 7.98. The molecule has 0 aliphatic carbocycles. The summed E-state index contributed by atoms with van der Waals surface area (Å²) in [4.78, 5) is 1.35. The fraction of sp³-hybridized carbons (Fsp3) is 0.368. The Hall–Kier alpha value is -1.25. The van der Waals surface area contributed by atoms with Crippen molar-refractivity contribution in [1.29, 1.82) is 0 Å². The Balaban J connectivity index is 2.33. The molecule has 0 fully saturated rings. The first-order valence-corrected chi connectivity index (χ1v) is 8.97. The summed E-state index contributed by atoms with van der Waals surface area (Å²) in [5.74, 6) is 0. The smallest absolute Gasteiger partial charge is 0.0587 e. The van der Waals surface area contributed by atoms with Crippen molar-refractivity contribution in [3.8, 4) is 0 Å². The minimum Gasteiger partial charge on any atom is -0.306 e. The Morgan fingerprint density at radius 1 is 1.00 bits per heavy atom. The summed E-state index contributed by atoms with van der Waals surface area (Å²) in [5.41, 5.74) is 4.14. The number of aryl methyl sites for hydroxylation is 1. The van der Waals surface area contributed by atoms with Gasteiger partial charge in [-0.05, 0) is 42.0 Å². The van der Waals surface area contributed by atoms with E-state index in [-0.39, 0.29) is 6.04 Å². The Bertz CT molecular complexity index is 548. The van der Waals surface area contributed by atoms with Crippen LogP contribution in [0.25, 0.3) is 0 Å². The van der Waals surface area contributed by atoms with Gasteiger partial charge in [-0.2, -0.15) is 0 Å². The minimum absolute atomic E-state index is 0.273. The van der Waals surface area contributed by atoms with E-state index < -0.39 is 0 Å². The molecule has 2 aromatic rings. The van der Waals surface area contributed by atoms with Gasteiger partial charge in [-0.25, -0.2) is 0 Å². The van der Waals surface area contributed by atoms with Gasteiger partial charge in [-0.3, -0.25) is 0 Å². The SMILES string of the molecule is CCCc1ccc(C(NCC)c2ccccc2SC)cc1. The third-order valence-electron chi connectivity index (χ3n) is 3.71.